The second-order valence-corrected chi connectivity index (χ2v) is 6.18. The number of aliphatic imine (C=N–C) groups is 1. The second kappa shape index (κ2) is 12.5. The molecule has 0 radical (unpaired) electrons. The van der Waals surface area contributed by atoms with E-state index in [1.54, 1.807) is 0 Å². The van der Waals surface area contributed by atoms with E-state index in [-0.39, 0.29) is 31.8 Å². The third-order valence-corrected chi connectivity index (χ3v) is 3.69. The van der Waals surface area contributed by atoms with E-state index in [0.29, 0.717) is 6.42 Å². The van der Waals surface area contributed by atoms with Crippen LogP contribution in [0.4, 0.5) is 0 Å². The Morgan fingerprint density at radius 3 is 2.04 bits per heavy atom. The first-order valence-corrected chi connectivity index (χ1v) is 8.56. The monoisotopic (exact) mass is 403 g/mol. The van der Waals surface area contributed by atoms with Gasteiger partial charge in [-0.25, -0.2) is 4.79 Å². The van der Waals surface area contributed by atoms with E-state index < -0.39 is 47.9 Å². The molecule has 0 aromatic carbocycles. The molecule has 13 nitrogen and oxygen atoms in total. The average molecular weight is 403 g/mol. The van der Waals surface area contributed by atoms with Gasteiger partial charge in [-0.2, -0.15) is 0 Å². The molecule has 3 amide bonds. The number of hydrogen-bond donors (Lipinski definition) is 8. The lowest BCUT2D eigenvalue weighted by molar-refractivity contribution is -0.142. The molecule has 0 spiro atoms. The van der Waals surface area contributed by atoms with Gasteiger partial charge in [-0.15, -0.1) is 0 Å². The molecule has 13 heteroatoms. The van der Waals surface area contributed by atoms with Gasteiger partial charge in [0, 0.05) is 13.0 Å². The van der Waals surface area contributed by atoms with Crippen molar-refractivity contribution >= 4 is 29.7 Å². The first-order chi connectivity index (χ1) is 13.0. The summed E-state index contributed by atoms with van der Waals surface area (Å²) < 4.78 is 0. The van der Waals surface area contributed by atoms with Gasteiger partial charge < -0.3 is 43.8 Å². The molecule has 0 saturated carbocycles. The Morgan fingerprint density at radius 1 is 1.00 bits per heavy atom. The normalized spacial score (nSPS) is 14.8. The third-order valence-electron chi connectivity index (χ3n) is 3.69. The van der Waals surface area contributed by atoms with Crippen molar-refractivity contribution in [2.24, 2.45) is 27.9 Å². The van der Waals surface area contributed by atoms with Gasteiger partial charge in [0.1, 0.15) is 18.1 Å². The van der Waals surface area contributed by atoms with E-state index in [0.717, 1.165) is 0 Å². The molecule has 0 aromatic rings. The zero-order chi connectivity index (χ0) is 21.9. The molecule has 4 unspecified atom stereocenters. The minimum absolute atomic E-state index is 0.0725. The summed E-state index contributed by atoms with van der Waals surface area (Å²) in [4.78, 5) is 50.4. The Labute approximate surface area is 161 Å². The standard InChI is InChI=1S/C15H29N7O6/c1-7(23)11(17)13(26)21-8(3-2-6-20-15(18)19)12(25)22-9(14(27)28)4-5-10(16)24/h7-9,11,23H,2-6,17H2,1H3,(H2,16,24)(H,21,26)(H,22,25)(H,27,28)(H4,18,19,20). The first kappa shape index (κ1) is 25.1. The van der Waals surface area contributed by atoms with Crippen LogP contribution >= 0.6 is 0 Å². The van der Waals surface area contributed by atoms with E-state index in [1.165, 1.54) is 6.92 Å². The number of aliphatic hydroxyl groups is 1. The minimum atomic E-state index is -1.37. The number of nitrogens with two attached hydrogens (primary N) is 4. The molecular formula is C15H29N7O6. The molecule has 0 bridgehead atoms. The highest BCUT2D eigenvalue weighted by Gasteiger charge is 2.29. The fourth-order valence-electron chi connectivity index (χ4n) is 2.08. The Bertz CT molecular complexity index is 591. The molecule has 0 aromatic heterocycles. The van der Waals surface area contributed by atoms with Crippen LogP contribution in [0.5, 0.6) is 0 Å². The summed E-state index contributed by atoms with van der Waals surface area (Å²) >= 11 is 0. The van der Waals surface area contributed by atoms with Crippen molar-refractivity contribution in [3.05, 3.63) is 0 Å². The summed E-state index contributed by atoms with van der Waals surface area (Å²) in [5.74, 6) is -3.81. The molecule has 4 atom stereocenters. The maximum Gasteiger partial charge on any atom is 0.326 e. The number of aliphatic carboxylic acids is 1. The van der Waals surface area contributed by atoms with Crippen molar-refractivity contribution in [3.8, 4) is 0 Å². The van der Waals surface area contributed by atoms with Crippen molar-refractivity contribution in [2.45, 2.75) is 56.8 Å². The van der Waals surface area contributed by atoms with Gasteiger partial charge in [0.15, 0.2) is 5.96 Å². The molecule has 0 aliphatic heterocycles. The van der Waals surface area contributed by atoms with E-state index >= 15 is 0 Å². The van der Waals surface area contributed by atoms with Crippen LogP contribution in [-0.4, -0.2) is 70.6 Å². The van der Waals surface area contributed by atoms with E-state index in [1.807, 2.05) is 0 Å². The fourth-order valence-corrected chi connectivity index (χ4v) is 2.08. The number of carboxylic acids is 1. The van der Waals surface area contributed by atoms with Crippen molar-refractivity contribution < 1.29 is 29.4 Å². The Kier molecular flexibility index (Phi) is 11.2. The summed E-state index contributed by atoms with van der Waals surface area (Å²) in [6, 6.07) is -3.80. The van der Waals surface area contributed by atoms with Gasteiger partial charge >= 0.3 is 5.97 Å². The number of aliphatic hydroxyl groups excluding tert-OH is 1. The van der Waals surface area contributed by atoms with Crippen LogP contribution in [0.1, 0.15) is 32.6 Å². The maximum absolute atomic E-state index is 12.5. The predicted octanol–water partition coefficient (Wildman–Crippen LogP) is -3.93. The Balaban J connectivity index is 5.13. The number of carboxylic acid groups (broad SMARTS) is 1. The molecule has 28 heavy (non-hydrogen) atoms. The number of primary amides is 1. The fraction of sp³-hybridized carbons (Fsp3) is 0.667. The Hall–Kier alpha value is -2.93. The number of carbonyl (C=O) groups is 4. The van der Waals surface area contributed by atoms with Crippen molar-refractivity contribution in [3.63, 3.8) is 0 Å². The number of rotatable bonds is 13. The highest BCUT2D eigenvalue weighted by molar-refractivity contribution is 5.92. The van der Waals surface area contributed by atoms with Crippen LogP contribution in [0.25, 0.3) is 0 Å². The molecule has 0 saturated heterocycles. The van der Waals surface area contributed by atoms with Crippen molar-refractivity contribution in [2.75, 3.05) is 6.54 Å². The lowest BCUT2D eigenvalue weighted by Gasteiger charge is -2.23. The smallest absolute Gasteiger partial charge is 0.326 e. The molecule has 12 N–H and O–H groups in total. The van der Waals surface area contributed by atoms with Gasteiger partial charge in [-0.1, -0.05) is 0 Å². The Morgan fingerprint density at radius 2 is 1.57 bits per heavy atom. The summed E-state index contributed by atoms with van der Waals surface area (Å²) in [5, 5.41) is 23.2. The van der Waals surface area contributed by atoms with Crippen molar-refractivity contribution in [1.82, 2.24) is 10.6 Å². The van der Waals surface area contributed by atoms with Gasteiger partial charge in [-0.05, 0) is 26.2 Å². The second-order valence-electron chi connectivity index (χ2n) is 6.18. The average Bonchev–Trinajstić information content (AvgIpc) is 2.59. The zero-order valence-corrected chi connectivity index (χ0v) is 15.6. The summed E-state index contributed by atoms with van der Waals surface area (Å²) in [6.45, 7) is 1.48. The highest BCUT2D eigenvalue weighted by Crippen LogP contribution is 2.04. The summed E-state index contributed by atoms with van der Waals surface area (Å²) in [6.07, 6.45) is -1.25. The zero-order valence-electron chi connectivity index (χ0n) is 15.6. The minimum Gasteiger partial charge on any atom is -0.480 e. The molecular weight excluding hydrogens is 374 g/mol. The molecule has 0 fully saturated rings. The number of hydrogen-bond acceptors (Lipinski definition) is 7. The summed E-state index contributed by atoms with van der Waals surface area (Å²) in [7, 11) is 0. The van der Waals surface area contributed by atoms with Crippen LogP contribution in [0.15, 0.2) is 4.99 Å². The van der Waals surface area contributed by atoms with Gasteiger partial charge in [0.2, 0.25) is 17.7 Å². The van der Waals surface area contributed by atoms with E-state index in [9.17, 15) is 29.4 Å². The van der Waals surface area contributed by atoms with Crippen LogP contribution in [0.3, 0.4) is 0 Å². The molecule has 0 rings (SSSR count). The van der Waals surface area contributed by atoms with Crippen LogP contribution in [0, 0.1) is 0 Å². The third kappa shape index (κ3) is 10.3. The first-order valence-electron chi connectivity index (χ1n) is 8.56. The number of guanidine groups is 1. The quantitative estimate of drug-likeness (QED) is 0.0847. The molecule has 0 aliphatic rings. The van der Waals surface area contributed by atoms with Gasteiger partial charge in [0.05, 0.1) is 6.10 Å². The largest absolute Gasteiger partial charge is 0.480 e. The predicted molar refractivity (Wildman–Crippen MR) is 99.5 cm³/mol. The maximum atomic E-state index is 12.5. The van der Waals surface area contributed by atoms with E-state index in [4.69, 9.17) is 22.9 Å². The highest BCUT2D eigenvalue weighted by atomic mass is 16.4. The van der Waals surface area contributed by atoms with Gasteiger partial charge in [0.25, 0.3) is 0 Å². The molecule has 0 heterocycles. The number of nitrogens with one attached hydrogen (secondary N) is 2. The molecule has 160 valence electrons. The van der Waals surface area contributed by atoms with Crippen LogP contribution < -0.4 is 33.6 Å². The van der Waals surface area contributed by atoms with Crippen LogP contribution in [-0.2, 0) is 19.2 Å². The number of carbonyl (C=O) groups excluding carboxylic acids is 3. The van der Waals surface area contributed by atoms with Crippen LogP contribution in [0.2, 0.25) is 0 Å². The lowest BCUT2D eigenvalue weighted by Crippen LogP contribution is -2.56. The SMILES string of the molecule is CC(O)C(N)C(=O)NC(CCCN=C(N)N)C(=O)NC(CCC(N)=O)C(=O)O. The van der Waals surface area contributed by atoms with E-state index in [2.05, 4.69) is 15.6 Å². The lowest BCUT2D eigenvalue weighted by atomic mass is 10.1. The summed E-state index contributed by atoms with van der Waals surface area (Å²) in [5.41, 5.74) is 21.0. The van der Waals surface area contributed by atoms with Crippen molar-refractivity contribution in [1.29, 1.82) is 0 Å². The topological polar surface area (TPSA) is 249 Å². The van der Waals surface area contributed by atoms with Gasteiger partial charge in [-0.3, -0.25) is 19.4 Å². The molecule has 0 aliphatic carbocycles. The number of nitrogens with zero attached hydrogens (tertiary/aromatic N) is 1. The number of amides is 3.